The van der Waals surface area contributed by atoms with E-state index >= 15 is 0 Å². The lowest BCUT2D eigenvalue weighted by Crippen LogP contribution is -1.95. The molecule has 0 amide bonds. The Balaban J connectivity index is 1.20. The van der Waals surface area contributed by atoms with E-state index in [-0.39, 0.29) is 0 Å². The summed E-state index contributed by atoms with van der Waals surface area (Å²) in [4.78, 5) is 10.5. The van der Waals surface area contributed by atoms with Crippen molar-refractivity contribution in [3.05, 3.63) is 182 Å². The molecule has 0 radical (unpaired) electrons. The van der Waals surface area contributed by atoms with Gasteiger partial charge in [-0.2, -0.15) is 0 Å². The number of hydrogen-bond donors (Lipinski definition) is 0. The second-order valence-corrected chi connectivity index (χ2v) is 15.0. The first kappa shape index (κ1) is 29.8. The predicted molar refractivity (Wildman–Crippen MR) is 234 cm³/mol. The average molecular weight is 711 g/mol. The SMILES string of the molecule is c1ccc(-c2ccc3c4c5ccccc5c(-c5ccccc5)cc4n(-c4ccc5c(c4)c4c6ccccc6cc6c7nc8ccccc8nc7n5c64)c3c2)cc1. The minimum Gasteiger partial charge on any atom is -0.309 e. The summed E-state index contributed by atoms with van der Waals surface area (Å²) in [6.07, 6.45) is 0. The number of hydrogen-bond acceptors (Lipinski definition) is 2. The molecule has 0 saturated heterocycles. The van der Waals surface area contributed by atoms with Crippen molar-refractivity contribution in [1.29, 1.82) is 0 Å². The van der Waals surface area contributed by atoms with Crippen LogP contribution in [0.5, 0.6) is 0 Å². The van der Waals surface area contributed by atoms with Crippen LogP contribution in [0.2, 0.25) is 0 Å². The number of rotatable bonds is 3. The van der Waals surface area contributed by atoms with Crippen molar-refractivity contribution in [3.8, 4) is 27.9 Å². The van der Waals surface area contributed by atoms with Crippen molar-refractivity contribution in [2.45, 2.75) is 0 Å². The minimum absolute atomic E-state index is 0.894. The summed E-state index contributed by atoms with van der Waals surface area (Å²) in [6, 6.07) is 66.1. The third kappa shape index (κ3) is 3.97. The van der Waals surface area contributed by atoms with Gasteiger partial charge < -0.3 is 4.57 Å². The van der Waals surface area contributed by atoms with E-state index in [0.717, 1.165) is 38.8 Å². The van der Waals surface area contributed by atoms with Gasteiger partial charge in [0.05, 0.1) is 33.1 Å². The largest absolute Gasteiger partial charge is 0.309 e. The molecule has 13 aromatic rings. The van der Waals surface area contributed by atoms with E-state index in [9.17, 15) is 0 Å². The molecule has 4 heterocycles. The highest BCUT2D eigenvalue weighted by atomic mass is 15.0. The summed E-state index contributed by atoms with van der Waals surface area (Å²) >= 11 is 0. The van der Waals surface area contributed by atoms with E-state index in [2.05, 4.69) is 179 Å². The number of fused-ring (bicyclic) bond motifs is 14. The van der Waals surface area contributed by atoms with E-state index in [4.69, 9.17) is 9.97 Å². The zero-order valence-electron chi connectivity index (χ0n) is 30.1. The first-order chi connectivity index (χ1) is 27.8. The number of para-hydroxylation sites is 2. The van der Waals surface area contributed by atoms with Crippen LogP contribution in [0.1, 0.15) is 0 Å². The summed E-state index contributed by atoms with van der Waals surface area (Å²) in [5, 5.41) is 11.0. The fourth-order valence-electron chi connectivity index (χ4n) is 9.57. The first-order valence-electron chi connectivity index (χ1n) is 19.2. The molecule has 9 aromatic carbocycles. The minimum atomic E-state index is 0.894. The Morgan fingerprint density at radius 1 is 0.375 bits per heavy atom. The zero-order chi connectivity index (χ0) is 36.5. The monoisotopic (exact) mass is 710 g/mol. The van der Waals surface area contributed by atoms with Crippen LogP contribution < -0.4 is 0 Å². The Kier molecular flexibility index (Phi) is 5.86. The number of benzene rings is 9. The summed E-state index contributed by atoms with van der Waals surface area (Å²) < 4.78 is 4.85. The first-order valence-corrected chi connectivity index (χ1v) is 19.2. The third-order valence-corrected chi connectivity index (χ3v) is 12.0. The quantitative estimate of drug-likeness (QED) is 0.183. The molecule has 4 nitrogen and oxygen atoms in total. The summed E-state index contributed by atoms with van der Waals surface area (Å²) in [5.41, 5.74) is 14.3. The van der Waals surface area contributed by atoms with Crippen molar-refractivity contribution in [1.82, 2.24) is 18.9 Å². The van der Waals surface area contributed by atoms with Crippen LogP contribution in [0.3, 0.4) is 0 Å². The van der Waals surface area contributed by atoms with Gasteiger partial charge in [0.15, 0.2) is 5.65 Å². The van der Waals surface area contributed by atoms with Crippen LogP contribution in [-0.2, 0) is 0 Å². The fourth-order valence-corrected chi connectivity index (χ4v) is 9.57. The Bertz CT molecular complexity index is 3750. The molecule has 0 spiro atoms. The van der Waals surface area contributed by atoms with Crippen molar-refractivity contribution in [2.75, 3.05) is 0 Å². The van der Waals surface area contributed by atoms with Crippen molar-refractivity contribution >= 4 is 92.7 Å². The van der Waals surface area contributed by atoms with Gasteiger partial charge in [0, 0.05) is 32.6 Å². The molecule has 0 N–H and O–H groups in total. The number of aromatic nitrogens is 4. The van der Waals surface area contributed by atoms with Gasteiger partial charge in [0.2, 0.25) is 0 Å². The van der Waals surface area contributed by atoms with Gasteiger partial charge in [-0.3, -0.25) is 4.40 Å². The van der Waals surface area contributed by atoms with Gasteiger partial charge in [-0.25, -0.2) is 9.97 Å². The molecule has 0 atom stereocenters. The van der Waals surface area contributed by atoms with Crippen LogP contribution in [0.15, 0.2) is 182 Å². The standard InChI is InChI=1S/C52H30N4/c1-3-13-31(14-4-1)33-23-25-39-46(28-33)55(47-30-40(32-15-5-2-6-16-32)37-19-9-10-20-38(37)48(39)47)35-24-26-45-41(29-35)49-36-18-8-7-17-34(36)27-42-50-52(56(45)51(42)49)54-44-22-12-11-21-43(44)53-50/h1-30H. The maximum atomic E-state index is 5.26. The second-order valence-electron chi connectivity index (χ2n) is 15.0. The van der Waals surface area contributed by atoms with E-state index in [1.165, 1.54) is 81.9 Å². The van der Waals surface area contributed by atoms with Crippen molar-refractivity contribution in [2.24, 2.45) is 0 Å². The molecule has 4 heteroatoms. The van der Waals surface area contributed by atoms with Crippen molar-refractivity contribution < 1.29 is 0 Å². The van der Waals surface area contributed by atoms with Crippen LogP contribution in [0, 0.1) is 0 Å². The summed E-state index contributed by atoms with van der Waals surface area (Å²) in [7, 11) is 0. The highest BCUT2D eigenvalue weighted by molar-refractivity contribution is 6.31. The van der Waals surface area contributed by atoms with E-state index in [1.54, 1.807) is 0 Å². The molecule has 0 aliphatic rings. The molecular formula is C52H30N4. The maximum absolute atomic E-state index is 5.26. The highest BCUT2D eigenvalue weighted by Crippen LogP contribution is 2.46. The topological polar surface area (TPSA) is 35.1 Å². The Morgan fingerprint density at radius 3 is 1.89 bits per heavy atom. The molecule has 0 saturated carbocycles. The summed E-state index contributed by atoms with van der Waals surface area (Å²) in [6.45, 7) is 0. The second kappa shape index (κ2) is 11.0. The van der Waals surface area contributed by atoms with Gasteiger partial charge >= 0.3 is 0 Å². The lowest BCUT2D eigenvalue weighted by molar-refractivity contribution is 1.18. The normalized spacial score (nSPS) is 12.3. The molecular weight excluding hydrogens is 681 g/mol. The third-order valence-electron chi connectivity index (χ3n) is 12.0. The fraction of sp³-hybridized carbons (Fsp3) is 0. The molecule has 0 aliphatic carbocycles. The lowest BCUT2D eigenvalue weighted by Gasteiger charge is -2.13. The van der Waals surface area contributed by atoms with Crippen molar-refractivity contribution in [3.63, 3.8) is 0 Å². The van der Waals surface area contributed by atoms with Gasteiger partial charge in [-0.15, -0.1) is 0 Å². The van der Waals surface area contributed by atoms with Crippen LogP contribution in [0.4, 0.5) is 0 Å². The molecule has 0 aliphatic heterocycles. The van der Waals surface area contributed by atoms with Crippen LogP contribution in [0.25, 0.3) is 121 Å². The zero-order valence-corrected chi connectivity index (χ0v) is 30.1. The Labute approximate surface area is 320 Å². The summed E-state index contributed by atoms with van der Waals surface area (Å²) in [5.74, 6) is 0. The Morgan fingerprint density at radius 2 is 1.07 bits per heavy atom. The van der Waals surface area contributed by atoms with Crippen LogP contribution >= 0.6 is 0 Å². The lowest BCUT2D eigenvalue weighted by atomic mass is 9.94. The maximum Gasteiger partial charge on any atom is 0.165 e. The average Bonchev–Trinajstić information content (AvgIpc) is 3.89. The molecule has 56 heavy (non-hydrogen) atoms. The van der Waals surface area contributed by atoms with Gasteiger partial charge in [-0.05, 0) is 92.3 Å². The molecule has 258 valence electrons. The smallest absolute Gasteiger partial charge is 0.165 e. The van der Waals surface area contributed by atoms with E-state index < -0.39 is 0 Å². The van der Waals surface area contributed by atoms with Gasteiger partial charge in [-0.1, -0.05) is 133 Å². The predicted octanol–water partition coefficient (Wildman–Crippen LogP) is 13.5. The Hall–Kier alpha value is -7.56. The molecule has 4 aromatic heterocycles. The highest BCUT2D eigenvalue weighted by Gasteiger charge is 2.24. The van der Waals surface area contributed by atoms with E-state index in [1.807, 2.05) is 12.1 Å². The number of nitrogens with zero attached hydrogens (tertiary/aromatic N) is 4. The van der Waals surface area contributed by atoms with Gasteiger partial charge in [0.25, 0.3) is 0 Å². The molecule has 0 fully saturated rings. The molecule has 0 unspecified atom stereocenters. The van der Waals surface area contributed by atoms with Crippen LogP contribution in [-0.4, -0.2) is 18.9 Å². The van der Waals surface area contributed by atoms with E-state index in [0.29, 0.717) is 0 Å². The molecule has 0 bridgehead atoms. The van der Waals surface area contributed by atoms with Gasteiger partial charge in [0.1, 0.15) is 5.52 Å². The molecule has 13 rings (SSSR count).